The van der Waals surface area contributed by atoms with Crippen molar-refractivity contribution >= 4 is 123 Å². The highest BCUT2D eigenvalue weighted by Gasteiger charge is 2.35. The molecule has 0 bridgehead atoms. The molecule has 9 heteroatoms. The molecule has 5 nitrogen and oxygen atoms in total. The van der Waals surface area contributed by atoms with Gasteiger partial charge in [-0.25, -0.2) is 0 Å². The third kappa shape index (κ3) is 4.66. The van der Waals surface area contributed by atoms with Gasteiger partial charge in [-0.2, -0.15) is 0 Å². The maximum absolute atomic E-state index is 13.5. The summed E-state index contributed by atoms with van der Waals surface area (Å²) in [6, 6.07) is 33.9. The Balaban J connectivity index is 0.901. The van der Waals surface area contributed by atoms with Crippen molar-refractivity contribution < 1.29 is 21.9 Å². The van der Waals surface area contributed by atoms with Gasteiger partial charge in [-0.1, -0.05) is 48.5 Å². The van der Waals surface area contributed by atoms with Gasteiger partial charge < -0.3 is 4.57 Å². The average molecular weight is 772 g/mol. The van der Waals surface area contributed by atoms with Gasteiger partial charge in [0, 0.05) is 58.6 Å². The molecule has 0 radical (unpaired) electrons. The van der Waals surface area contributed by atoms with Crippen LogP contribution in [0, 0.1) is 0 Å². The predicted octanol–water partition coefficient (Wildman–Crippen LogP) is 12.1. The van der Waals surface area contributed by atoms with E-state index in [1.54, 1.807) is 46.9 Å². The van der Waals surface area contributed by atoms with E-state index in [0.29, 0.717) is 32.0 Å². The fourth-order valence-electron chi connectivity index (χ4n) is 7.48. The van der Waals surface area contributed by atoms with Gasteiger partial charge >= 0.3 is 0 Å². The molecule has 0 aliphatic heterocycles. The first-order chi connectivity index (χ1) is 27.1. The molecular weight excluding hydrogens is 747 g/mol. The summed E-state index contributed by atoms with van der Waals surface area (Å²) >= 11 is 6.12. The molecule has 0 N–H and O–H groups in total. The SMILES string of the molecule is [2H]C(=C1C(=O)c2cc3ccccc3cc2C1=O)c1ccc(-c2cc3c(s2)c2sc(-c4ccc(C([2H])=C5C(=O)c6cc7ccccc7cc6C5=O)s4)cc2n3C)s1. The maximum atomic E-state index is 13.5. The minimum Gasteiger partial charge on any atom is -0.342 e. The van der Waals surface area contributed by atoms with Crippen molar-refractivity contribution in [3.63, 3.8) is 0 Å². The number of hydrogen-bond acceptors (Lipinski definition) is 8. The van der Waals surface area contributed by atoms with Crippen LogP contribution in [0.5, 0.6) is 0 Å². The number of ketones is 4. The van der Waals surface area contributed by atoms with Crippen molar-refractivity contribution in [2.24, 2.45) is 7.05 Å². The predicted molar refractivity (Wildman–Crippen MR) is 224 cm³/mol. The number of Topliss-reactive ketones (excluding diaryl/α,β-unsaturated/α-hetero) is 4. The molecule has 0 unspecified atom stereocenters. The molecule has 4 aromatic carbocycles. The van der Waals surface area contributed by atoms with E-state index >= 15 is 0 Å². The lowest BCUT2D eigenvalue weighted by atomic mass is 10.0. The van der Waals surface area contributed by atoms with Crippen LogP contribution >= 0.6 is 45.3 Å². The van der Waals surface area contributed by atoms with Crippen molar-refractivity contribution in [2.45, 2.75) is 0 Å². The first-order valence-electron chi connectivity index (χ1n) is 18.0. The molecule has 5 heterocycles. The lowest BCUT2D eigenvalue weighted by Crippen LogP contribution is -1.99. The average Bonchev–Trinajstić information content (AvgIpc) is 4.08. The molecular formula is C45H23NO4S4. The molecule has 2 aliphatic carbocycles. The Morgan fingerprint density at radius 1 is 0.463 bits per heavy atom. The second-order valence-corrected chi connectivity index (χ2v) is 17.6. The number of aryl methyl sites for hydroxylation is 1. The highest BCUT2D eigenvalue weighted by Crippen LogP contribution is 2.47. The summed E-state index contributed by atoms with van der Waals surface area (Å²) < 4.78 is 22.4. The van der Waals surface area contributed by atoms with E-state index in [2.05, 4.69) is 16.7 Å². The summed E-state index contributed by atoms with van der Waals surface area (Å²) in [6.07, 6.45) is 0. The zero-order chi connectivity index (χ0) is 38.1. The maximum Gasteiger partial charge on any atom is 0.197 e. The van der Waals surface area contributed by atoms with Gasteiger partial charge in [-0.3, -0.25) is 19.2 Å². The fraction of sp³-hybridized carbons (Fsp3) is 0.0222. The van der Waals surface area contributed by atoms with Gasteiger partial charge in [0.15, 0.2) is 23.1 Å². The number of rotatable bonds is 4. The summed E-state index contributed by atoms with van der Waals surface area (Å²) in [4.78, 5) is 58.9. The minimum atomic E-state index is -0.401. The third-order valence-electron chi connectivity index (χ3n) is 10.2. The molecule has 0 amide bonds. The molecule has 11 rings (SSSR count). The van der Waals surface area contributed by atoms with E-state index in [1.807, 2.05) is 79.8 Å². The van der Waals surface area contributed by atoms with Crippen molar-refractivity contribution in [1.82, 2.24) is 4.57 Å². The van der Waals surface area contributed by atoms with Crippen LogP contribution in [0.1, 0.15) is 53.9 Å². The lowest BCUT2D eigenvalue weighted by Gasteiger charge is -2.00. The van der Waals surface area contributed by atoms with Crippen LogP contribution < -0.4 is 0 Å². The smallest absolute Gasteiger partial charge is 0.197 e. The first kappa shape index (κ1) is 29.6. The van der Waals surface area contributed by atoms with Crippen LogP contribution in [0.4, 0.5) is 0 Å². The monoisotopic (exact) mass is 771 g/mol. The van der Waals surface area contributed by atoms with Crippen LogP contribution in [0.2, 0.25) is 0 Å². The second-order valence-electron chi connectivity index (χ2n) is 13.3. The number of carbonyl (C=O) groups is 4. The van der Waals surface area contributed by atoms with Gasteiger partial charge in [0.05, 0.1) is 34.3 Å². The van der Waals surface area contributed by atoms with E-state index in [1.165, 1.54) is 22.7 Å². The van der Waals surface area contributed by atoms with E-state index in [4.69, 9.17) is 2.74 Å². The van der Waals surface area contributed by atoms with Crippen molar-refractivity contribution in [3.05, 3.63) is 152 Å². The summed E-state index contributed by atoms with van der Waals surface area (Å²) in [5.74, 6) is -1.60. The van der Waals surface area contributed by atoms with Crippen LogP contribution in [0.15, 0.2) is 120 Å². The second kappa shape index (κ2) is 11.6. The van der Waals surface area contributed by atoms with E-state index in [-0.39, 0.29) is 23.3 Å². The van der Waals surface area contributed by atoms with E-state index in [9.17, 15) is 19.2 Å². The van der Waals surface area contributed by atoms with Gasteiger partial charge in [-0.15, -0.1) is 45.3 Å². The number of nitrogens with zero attached hydrogens (tertiary/aromatic N) is 1. The number of aromatic nitrogens is 1. The molecule has 0 saturated heterocycles. The van der Waals surface area contributed by atoms with Gasteiger partial charge in [-0.05, 0) is 94.3 Å². The van der Waals surface area contributed by atoms with Crippen molar-refractivity contribution in [1.29, 1.82) is 0 Å². The van der Waals surface area contributed by atoms with Crippen molar-refractivity contribution in [2.75, 3.05) is 0 Å². The molecule has 0 atom stereocenters. The number of allylic oxidation sites excluding steroid dienone is 2. The molecule has 0 spiro atoms. The van der Waals surface area contributed by atoms with Crippen molar-refractivity contribution in [3.8, 4) is 19.5 Å². The molecule has 256 valence electrons. The number of benzene rings is 4. The number of fused-ring (bicyclic) bond motifs is 7. The van der Waals surface area contributed by atoms with Gasteiger partial charge in [0.25, 0.3) is 0 Å². The van der Waals surface area contributed by atoms with Crippen LogP contribution in [-0.4, -0.2) is 27.7 Å². The number of hydrogen-bond donors (Lipinski definition) is 0. The van der Waals surface area contributed by atoms with Gasteiger partial charge in [0.1, 0.15) is 0 Å². The number of thiophene rings is 4. The zero-order valence-corrected chi connectivity index (χ0v) is 31.4. The Morgan fingerprint density at radius 2 is 0.815 bits per heavy atom. The summed E-state index contributed by atoms with van der Waals surface area (Å²) in [6.45, 7) is 0. The molecule has 0 saturated carbocycles. The Morgan fingerprint density at radius 3 is 1.17 bits per heavy atom. The van der Waals surface area contributed by atoms with Crippen LogP contribution in [0.3, 0.4) is 0 Å². The highest BCUT2D eigenvalue weighted by molar-refractivity contribution is 7.32. The number of carbonyl (C=O) groups excluding carboxylic acids is 4. The van der Waals surface area contributed by atoms with E-state index < -0.39 is 23.1 Å². The van der Waals surface area contributed by atoms with E-state index in [0.717, 1.165) is 61.5 Å². The van der Waals surface area contributed by atoms with Crippen LogP contribution in [-0.2, 0) is 7.05 Å². The Kier molecular flexibility index (Phi) is 6.35. The highest BCUT2D eigenvalue weighted by atomic mass is 32.1. The van der Waals surface area contributed by atoms with Gasteiger partial charge in [0.2, 0.25) is 0 Å². The minimum absolute atomic E-state index is 0.0514. The Bertz CT molecular complexity index is 3050. The van der Waals surface area contributed by atoms with Crippen LogP contribution in [0.25, 0.3) is 73.6 Å². The quantitative estimate of drug-likeness (QED) is 0.132. The Labute approximate surface area is 326 Å². The summed E-state index contributed by atoms with van der Waals surface area (Å²) in [5.41, 5.74) is 3.39. The molecule has 2 aliphatic rings. The molecule has 9 aromatic rings. The third-order valence-corrected chi connectivity index (χ3v) is 15.0. The zero-order valence-electron chi connectivity index (χ0n) is 30.1. The lowest BCUT2D eigenvalue weighted by molar-refractivity contribution is 0.0975. The Hall–Kier alpha value is -5.84. The standard InChI is InChI=1S/C45H23NO4S4/c1-46-34-20-38(36-12-10-26(51-36)18-32-40(47)28-14-22-6-2-3-7-23(22)15-29(28)41(32)48)53-44(34)45-35(46)21-39(54-45)37-13-11-27(52-37)19-33-42(49)30-16-24-8-4-5-9-25(24)17-31(30)43(33)50/h2-21H,1H3/i18D,19D. The fourth-order valence-corrected chi connectivity index (χ4v) is 12.0. The molecule has 0 fully saturated rings. The summed E-state index contributed by atoms with van der Waals surface area (Å²) in [7, 11) is 2.03. The summed E-state index contributed by atoms with van der Waals surface area (Å²) in [5, 5.41) is 3.52. The molecule has 54 heavy (non-hydrogen) atoms. The normalized spacial score (nSPS) is 14.6. The first-order valence-corrected chi connectivity index (χ1v) is 20.3. The molecule has 5 aromatic heterocycles. The largest absolute Gasteiger partial charge is 0.342 e. The topological polar surface area (TPSA) is 73.2 Å².